The van der Waals surface area contributed by atoms with E-state index in [4.69, 9.17) is 48.9 Å². The zero-order valence-corrected chi connectivity index (χ0v) is 22.4. The number of halogens is 3. The van der Waals surface area contributed by atoms with Crippen molar-refractivity contribution >= 4 is 62.9 Å². The highest BCUT2D eigenvalue weighted by Crippen LogP contribution is 2.29. The van der Waals surface area contributed by atoms with Gasteiger partial charge in [0, 0.05) is 21.0 Å². The van der Waals surface area contributed by atoms with E-state index < -0.39 is 0 Å². The molecule has 0 fully saturated rings. The van der Waals surface area contributed by atoms with E-state index in [0.717, 1.165) is 10.9 Å². The number of benzene rings is 4. The molecule has 192 valence electrons. The van der Waals surface area contributed by atoms with Crippen LogP contribution in [-0.2, 0) is 6.61 Å². The normalized spacial score (nSPS) is 11.6. The maximum atomic E-state index is 13.5. The third-order valence-corrected chi connectivity index (χ3v) is 6.96. The highest BCUT2D eigenvalue weighted by Gasteiger charge is 2.16. The van der Waals surface area contributed by atoms with E-state index in [-0.39, 0.29) is 18.0 Å². The summed E-state index contributed by atoms with van der Waals surface area (Å²) in [5.74, 6) is 1.20. The van der Waals surface area contributed by atoms with Gasteiger partial charge in [-0.1, -0.05) is 71.2 Å². The highest BCUT2D eigenvalue weighted by molar-refractivity contribution is 6.35. The van der Waals surface area contributed by atoms with Crippen molar-refractivity contribution in [3.05, 3.63) is 128 Å². The molecule has 6 aromatic rings. The smallest absolute Gasteiger partial charge is 0.282 e. The first kappa shape index (κ1) is 25.2. The fourth-order valence-corrected chi connectivity index (χ4v) is 4.82. The second-order valence-corrected chi connectivity index (χ2v) is 9.93. The minimum Gasteiger partial charge on any atom is -0.487 e. The summed E-state index contributed by atoms with van der Waals surface area (Å²) in [4.78, 5) is 18.2. The number of ether oxygens (including phenoxy) is 1. The van der Waals surface area contributed by atoms with Crippen LogP contribution in [0.1, 0.15) is 11.1 Å². The molecule has 0 aliphatic heterocycles. The monoisotopic (exact) mass is 573 g/mol. The number of furan rings is 1. The maximum Gasteiger partial charge on any atom is 0.282 e. The van der Waals surface area contributed by atoms with Crippen LogP contribution in [0.25, 0.3) is 33.5 Å². The second-order valence-electron chi connectivity index (χ2n) is 8.68. The minimum absolute atomic E-state index is 0.224. The van der Waals surface area contributed by atoms with Gasteiger partial charge in [0.05, 0.1) is 22.1 Å². The van der Waals surface area contributed by atoms with Gasteiger partial charge in [-0.3, -0.25) is 4.79 Å². The Hall–Kier alpha value is -4.10. The Balaban J connectivity index is 1.34. The van der Waals surface area contributed by atoms with E-state index in [0.29, 0.717) is 48.6 Å². The van der Waals surface area contributed by atoms with Gasteiger partial charge < -0.3 is 9.15 Å². The van der Waals surface area contributed by atoms with Crippen molar-refractivity contribution in [2.45, 2.75) is 6.61 Å². The molecule has 0 bridgehead atoms. The molecule has 0 aliphatic rings. The lowest BCUT2D eigenvalue weighted by atomic mass is 10.2. The van der Waals surface area contributed by atoms with Crippen LogP contribution in [0.15, 0.2) is 105 Å². The third kappa shape index (κ3) is 5.14. The number of hydrogen-bond acceptors (Lipinski definition) is 5. The van der Waals surface area contributed by atoms with Crippen LogP contribution in [0.3, 0.4) is 0 Å². The number of aromatic nitrogens is 2. The van der Waals surface area contributed by atoms with Gasteiger partial charge >= 0.3 is 0 Å². The van der Waals surface area contributed by atoms with Crippen molar-refractivity contribution < 1.29 is 9.15 Å². The molecule has 0 N–H and O–H groups in total. The number of para-hydroxylation sites is 2. The molecule has 4 aromatic carbocycles. The van der Waals surface area contributed by atoms with Crippen LogP contribution >= 0.6 is 34.8 Å². The van der Waals surface area contributed by atoms with Crippen LogP contribution < -0.4 is 10.3 Å². The van der Waals surface area contributed by atoms with Gasteiger partial charge in [0.25, 0.3) is 5.56 Å². The summed E-state index contributed by atoms with van der Waals surface area (Å²) in [5, 5.41) is 7.26. The van der Waals surface area contributed by atoms with E-state index in [9.17, 15) is 4.79 Å². The number of nitrogens with zero attached hydrogens (tertiary/aromatic N) is 3. The average Bonchev–Trinajstić information content (AvgIpc) is 3.37. The lowest BCUT2D eigenvalue weighted by Gasteiger charge is -2.10. The molecule has 0 saturated heterocycles. The van der Waals surface area contributed by atoms with Crippen molar-refractivity contribution in [3.8, 4) is 17.3 Å². The molecular weight excluding hydrogens is 557 g/mol. The Bertz CT molecular complexity index is 1910. The summed E-state index contributed by atoms with van der Waals surface area (Å²) < 4.78 is 13.1. The molecule has 39 heavy (non-hydrogen) atoms. The number of rotatable bonds is 6. The fourth-order valence-electron chi connectivity index (χ4n) is 4.12. The molecule has 0 unspecified atom stereocenters. The molecule has 0 saturated carbocycles. The van der Waals surface area contributed by atoms with Crippen LogP contribution in [0.5, 0.6) is 5.75 Å². The second kappa shape index (κ2) is 10.6. The van der Waals surface area contributed by atoms with E-state index in [1.54, 1.807) is 54.6 Å². The van der Waals surface area contributed by atoms with Gasteiger partial charge in [0.1, 0.15) is 17.9 Å². The summed E-state index contributed by atoms with van der Waals surface area (Å²) in [7, 11) is 0. The molecule has 2 heterocycles. The quantitative estimate of drug-likeness (QED) is 0.188. The molecule has 9 heteroatoms. The minimum atomic E-state index is -0.321. The first-order valence-electron chi connectivity index (χ1n) is 11.9. The Morgan fingerprint density at radius 2 is 1.72 bits per heavy atom. The van der Waals surface area contributed by atoms with Crippen molar-refractivity contribution in [1.29, 1.82) is 0 Å². The molecule has 0 aliphatic carbocycles. The summed E-state index contributed by atoms with van der Waals surface area (Å²) in [6.07, 6.45) is 1.54. The van der Waals surface area contributed by atoms with Gasteiger partial charge in [-0.25, -0.2) is 4.98 Å². The van der Waals surface area contributed by atoms with Crippen molar-refractivity contribution in [2.75, 3.05) is 0 Å². The molecule has 6 rings (SSSR count). The zero-order chi connectivity index (χ0) is 26.9. The summed E-state index contributed by atoms with van der Waals surface area (Å²) in [6.45, 7) is 0.224. The van der Waals surface area contributed by atoms with Crippen molar-refractivity contribution in [1.82, 2.24) is 9.66 Å². The van der Waals surface area contributed by atoms with Gasteiger partial charge in [-0.15, -0.1) is 0 Å². The average molecular weight is 575 g/mol. The van der Waals surface area contributed by atoms with Crippen LogP contribution in [0.2, 0.25) is 15.1 Å². The Morgan fingerprint density at radius 3 is 2.54 bits per heavy atom. The van der Waals surface area contributed by atoms with Crippen LogP contribution in [0, 0.1) is 0 Å². The SMILES string of the molecule is O=c1c2ccccc2nc(-c2cc3ccccc3o2)n1N=Cc1ccc(OCc2ccc(Cl)cc2Cl)c(Cl)c1. The Morgan fingerprint density at radius 1 is 0.897 bits per heavy atom. The molecule has 0 spiro atoms. The predicted molar refractivity (Wildman–Crippen MR) is 156 cm³/mol. The lowest BCUT2D eigenvalue weighted by Crippen LogP contribution is -2.20. The zero-order valence-electron chi connectivity index (χ0n) is 20.1. The van der Waals surface area contributed by atoms with Gasteiger partial charge in [0.15, 0.2) is 5.76 Å². The summed E-state index contributed by atoms with van der Waals surface area (Å²) >= 11 is 18.7. The predicted octanol–water partition coefficient (Wildman–Crippen LogP) is 8.23. The first-order chi connectivity index (χ1) is 19.0. The van der Waals surface area contributed by atoms with E-state index >= 15 is 0 Å². The van der Waals surface area contributed by atoms with Gasteiger partial charge in [0.2, 0.25) is 5.82 Å². The van der Waals surface area contributed by atoms with E-state index in [1.165, 1.54) is 10.9 Å². The summed E-state index contributed by atoms with van der Waals surface area (Å²) in [6, 6.07) is 27.0. The third-order valence-electron chi connectivity index (χ3n) is 6.08. The molecule has 0 amide bonds. The topological polar surface area (TPSA) is 69.6 Å². The highest BCUT2D eigenvalue weighted by atomic mass is 35.5. The van der Waals surface area contributed by atoms with Gasteiger partial charge in [-0.2, -0.15) is 9.78 Å². The molecule has 0 radical (unpaired) electrons. The molecule has 6 nitrogen and oxygen atoms in total. The van der Waals surface area contributed by atoms with Gasteiger partial charge in [-0.05, 0) is 60.2 Å². The molecular formula is C30H18Cl3N3O3. The van der Waals surface area contributed by atoms with Crippen molar-refractivity contribution in [2.24, 2.45) is 5.10 Å². The standard InChI is InChI=1S/C30H18Cl3N3O3/c31-21-11-10-20(23(32)15-21)17-38-27-12-9-18(13-24(27)33)16-34-36-29(28-14-19-5-1-4-8-26(19)39-28)35-25-7-3-2-6-22(25)30(36)37/h1-16H,17H2. The number of fused-ring (bicyclic) bond motifs is 2. The largest absolute Gasteiger partial charge is 0.487 e. The van der Waals surface area contributed by atoms with Crippen LogP contribution in [-0.4, -0.2) is 15.9 Å². The Labute approximate surface area is 237 Å². The number of hydrogen-bond donors (Lipinski definition) is 0. The van der Waals surface area contributed by atoms with E-state index in [1.807, 2.05) is 36.4 Å². The fraction of sp³-hybridized carbons (Fsp3) is 0.0333. The van der Waals surface area contributed by atoms with Crippen molar-refractivity contribution in [3.63, 3.8) is 0 Å². The Kier molecular flexibility index (Phi) is 6.83. The molecule has 2 aromatic heterocycles. The lowest BCUT2D eigenvalue weighted by molar-refractivity contribution is 0.306. The van der Waals surface area contributed by atoms with Crippen LogP contribution in [0.4, 0.5) is 0 Å². The maximum absolute atomic E-state index is 13.5. The van der Waals surface area contributed by atoms with E-state index in [2.05, 4.69) is 5.10 Å². The first-order valence-corrected chi connectivity index (χ1v) is 13.0. The summed E-state index contributed by atoms with van der Waals surface area (Å²) in [5.41, 5.74) is 2.36. The molecule has 0 atom stereocenters.